The standard InChI is InChI=1S/C15H20N4OS/c1-15(2,3)12-7-10(8-13(18-12)19-16)14(20)17-9-11-5-4-6-21-11/h4-8H,9,16H2,1-3H3,(H,17,20)(H,18,19). The molecule has 0 saturated heterocycles. The summed E-state index contributed by atoms with van der Waals surface area (Å²) >= 11 is 1.62. The van der Waals surface area contributed by atoms with E-state index in [1.165, 1.54) is 0 Å². The summed E-state index contributed by atoms with van der Waals surface area (Å²) < 4.78 is 0. The molecule has 21 heavy (non-hydrogen) atoms. The Bertz CT molecular complexity index is 617. The van der Waals surface area contributed by atoms with Crippen LogP contribution in [0.4, 0.5) is 5.82 Å². The largest absolute Gasteiger partial charge is 0.347 e. The highest BCUT2D eigenvalue weighted by Gasteiger charge is 2.19. The van der Waals surface area contributed by atoms with Gasteiger partial charge in [0.2, 0.25) is 0 Å². The molecule has 2 aromatic heterocycles. The summed E-state index contributed by atoms with van der Waals surface area (Å²) in [4.78, 5) is 17.8. The minimum atomic E-state index is -0.157. The fourth-order valence-electron chi connectivity index (χ4n) is 1.80. The molecule has 0 aromatic carbocycles. The molecule has 1 amide bonds. The maximum atomic E-state index is 12.3. The van der Waals surface area contributed by atoms with E-state index in [-0.39, 0.29) is 11.3 Å². The number of pyridine rings is 1. The molecule has 2 rings (SSSR count). The summed E-state index contributed by atoms with van der Waals surface area (Å²) in [5.41, 5.74) is 3.73. The first kappa shape index (κ1) is 15.5. The molecule has 0 fully saturated rings. The van der Waals surface area contributed by atoms with Crippen LogP contribution < -0.4 is 16.6 Å². The van der Waals surface area contributed by atoms with Gasteiger partial charge < -0.3 is 10.7 Å². The highest BCUT2D eigenvalue weighted by atomic mass is 32.1. The van der Waals surface area contributed by atoms with E-state index in [2.05, 4.69) is 15.7 Å². The molecule has 6 heteroatoms. The lowest BCUT2D eigenvalue weighted by Gasteiger charge is -2.19. The number of hydrazine groups is 1. The van der Waals surface area contributed by atoms with Crippen molar-refractivity contribution in [2.75, 3.05) is 5.43 Å². The van der Waals surface area contributed by atoms with Crippen molar-refractivity contribution in [2.24, 2.45) is 5.84 Å². The first-order chi connectivity index (χ1) is 9.90. The Morgan fingerprint density at radius 3 is 2.71 bits per heavy atom. The Hall–Kier alpha value is -1.92. The van der Waals surface area contributed by atoms with E-state index < -0.39 is 0 Å². The lowest BCUT2D eigenvalue weighted by Crippen LogP contribution is -2.24. The van der Waals surface area contributed by atoms with E-state index in [4.69, 9.17) is 5.84 Å². The van der Waals surface area contributed by atoms with Gasteiger partial charge >= 0.3 is 0 Å². The molecule has 0 bridgehead atoms. The lowest BCUT2D eigenvalue weighted by atomic mass is 9.90. The van der Waals surface area contributed by atoms with Crippen LogP contribution in [0, 0.1) is 0 Å². The van der Waals surface area contributed by atoms with Gasteiger partial charge in [-0.3, -0.25) is 4.79 Å². The molecular formula is C15H20N4OS. The second-order valence-electron chi connectivity index (χ2n) is 5.78. The molecule has 0 spiro atoms. The number of carbonyl (C=O) groups is 1. The smallest absolute Gasteiger partial charge is 0.251 e. The average molecular weight is 304 g/mol. The fourth-order valence-corrected chi connectivity index (χ4v) is 2.45. The molecule has 2 aromatic rings. The molecule has 0 aliphatic heterocycles. The van der Waals surface area contributed by atoms with Gasteiger partial charge in [0.25, 0.3) is 5.91 Å². The van der Waals surface area contributed by atoms with Gasteiger partial charge in [-0.25, -0.2) is 10.8 Å². The molecule has 5 nitrogen and oxygen atoms in total. The van der Waals surface area contributed by atoms with Gasteiger partial charge in [-0.2, -0.15) is 0 Å². The van der Waals surface area contributed by atoms with Gasteiger partial charge in [0, 0.05) is 21.5 Å². The van der Waals surface area contributed by atoms with Crippen molar-refractivity contribution >= 4 is 23.1 Å². The third kappa shape index (κ3) is 4.03. The van der Waals surface area contributed by atoms with Crippen molar-refractivity contribution in [3.63, 3.8) is 0 Å². The summed E-state index contributed by atoms with van der Waals surface area (Å²) in [5, 5.41) is 4.89. The minimum absolute atomic E-state index is 0.132. The second-order valence-corrected chi connectivity index (χ2v) is 6.81. The summed E-state index contributed by atoms with van der Waals surface area (Å²) in [6, 6.07) is 7.42. The van der Waals surface area contributed by atoms with Crippen LogP contribution in [0.15, 0.2) is 29.6 Å². The minimum Gasteiger partial charge on any atom is -0.347 e. The molecule has 0 unspecified atom stereocenters. The van der Waals surface area contributed by atoms with Crippen LogP contribution in [-0.4, -0.2) is 10.9 Å². The van der Waals surface area contributed by atoms with Crippen LogP contribution >= 0.6 is 11.3 Å². The van der Waals surface area contributed by atoms with Gasteiger partial charge in [-0.15, -0.1) is 11.3 Å². The van der Waals surface area contributed by atoms with E-state index in [0.29, 0.717) is 17.9 Å². The van der Waals surface area contributed by atoms with Crippen LogP contribution in [0.2, 0.25) is 0 Å². The van der Waals surface area contributed by atoms with Crippen LogP contribution in [0.1, 0.15) is 41.7 Å². The number of nitrogen functional groups attached to an aromatic ring is 1. The topological polar surface area (TPSA) is 80.0 Å². The SMILES string of the molecule is CC(C)(C)c1cc(C(=O)NCc2cccs2)cc(NN)n1. The van der Waals surface area contributed by atoms with Crippen LogP contribution in [0.3, 0.4) is 0 Å². The van der Waals surface area contributed by atoms with Crippen molar-refractivity contribution in [1.82, 2.24) is 10.3 Å². The number of nitrogens with zero attached hydrogens (tertiary/aromatic N) is 1. The zero-order chi connectivity index (χ0) is 15.5. The third-order valence-electron chi connectivity index (χ3n) is 3.01. The van der Waals surface area contributed by atoms with E-state index >= 15 is 0 Å². The lowest BCUT2D eigenvalue weighted by molar-refractivity contribution is 0.0951. The number of anilines is 1. The van der Waals surface area contributed by atoms with Crippen molar-refractivity contribution in [3.8, 4) is 0 Å². The first-order valence-electron chi connectivity index (χ1n) is 6.70. The number of hydrogen-bond acceptors (Lipinski definition) is 5. The normalized spacial score (nSPS) is 11.2. The van der Waals surface area contributed by atoms with E-state index in [1.807, 2.05) is 44.4 Å². The van der Waals surface area contributed by atoms with E-state index in [9.17, 15) is 4.79 Å². The Kier molecular flexibility index (Phi) is 4.59. The van der Waals surface area contributed by atoms with Gasteiger partial charge in [0.15, 0.2) is 0 Å². The van der Waals surface area contributed by atoms with Crippen molar-refractivity contribution in [1.29, 1.82) is 0 Å². The Balaban J connectivity index is 2.19. The Labute approximate surface area is 128 Å². The highest BCUT2D eigenvalue weighted by Crippen LogP contribution is 2.23. The van der Waals surface area contributed by atoms with Crippen molar-refractivity contribution in [3.05, 3.63) is 45.8 Å². The van der Waals surface area contributed by atoms with Gasteiger partial charge in [-0.05, 0) is 23.6 Å². The maximum absolute atomic E-state index is 12.3. The molecule has 0 saturated carbocycles. The van der Waals surface area contributed by atoms with Crippen LogP contribution in [0.25, 0.3) is 0 Å². The number of rotatable bonds is 4. The second kappa shape index (κ2) is 6.24. The summed E-state index contributed by atoms with van der Waals surface area (Å²) in [7, 11) is 0. The highest BCUT2D eigenvalue weighted by molar-refractivity contribution is 7.09. The quantitative estimate of drug-likeness (QED) is 0.599. The number of hydrogen-bond donors (Lipinski definition) is 3. The van der Waals surface area contributed by atoms with Crippen molar-refractivity contribution in [2.45, 2.75) is 32.7 Å². The molecule has 0 aliphatic carbocycles. The number of thiophene rings is 1. The summed E-state index contributed by atoms with van der Waals surface area (Å²) in [6.45, 7) is 6.66. The molecule has 0 atom stereocenters. The molecule has 0 aliphatic rings. The van der Waals surface area contributed by atoms with Gasteiger partial charge in [0.1, 0.15) is 5.82 Å². The molecule has 2 heterocycles. The monoisotopic (exact) mass is 304 g/mol. The number of amides is 1. The maximum Gasteiger partial charge on any atom is 0.251 e. The summed E-state index contributed by atoms with van der Waals surface area (Å²) in [5.74, 6) is 5.80. The number of nitrogens with two attached hydrogens (primary N) is 1. The predicted octanol–water partition coefficient (Wildman–Crippen LogP) is 2.66. The zero-order valence-corrected chi connectivity index (χ0v) is 13.3. The molecular weight excluding hydrogens is 284 g/mol. The molecule has 112 valence electrons. The van der Waals surface area contributed by atoms with Crippen LogP contribution in [-0.2, 0) is 12.0 Å². The molecule has 0 radical (unpaired) electrons. The van der Waals surface area contributed by atoms with Gasteiger partial charge in [0.05, 0.1) is 6.54 Å². The zero-order valence-electron chi connectivity index (χ0n) is 12.4. The molecule has 4 N–H and O–H groups in total. The average Bonchev–Trinajstić information content (AvgIpc) is 2.96. The summed E-state index contributed by atoms with van der Waals surface area (Å²) in [6.07, 6.45) is 0. The van der Waals surface area contributed by atoms with E-state index in [0.717, 1.165) is 10.6 Å². The predicted molar refractivity (Wildman–Crippen MR) is 86.2 cm³/mol. The number of aromatic nitrogens is 1. The fraction of sp³-hybridized carbons (Fsp3) is 0.333. The third-order valence-corrected chi connectivity index (χ3v) is 3.88. The number of nitrogens with one attached hydrogen (secondary N) is 2. The van der Waals surface area contributed by atoms with E-state index in [1.54, 1.807) is 17.4 Å². The van der Waals surface area contributed by atoms with Crippen molar-refractivity contribution < 1.29 is 4.79 Å². The Morgan fingerprint density at radius 1 is 1.38 bits per heavy atom. The Morgan fingerprint density at radius 2 is 2.14 bits per heavy atom. The number of carbonyl (C=O) groups excluding carboxylic acids is 1. The van der Waals surface area contributed by atoms with Gasteiger partial charge in [-0.1, -0.05) is 26.8 Å². The first-order valence-corrected chi connectivity index (χ1v) is 7.58. The van der Waals surface area contributed by atoms with Crippen LogP contribution in [0.5, 0.6) is 0 Å².